The fraction of sp³-hybridized carbons (Fsp3) is 0.556. The van der Waals surface area contributed by atoms with Crippen molar-refractivity contribution in [2.45, 2.75) is 64.6 Å². The van der Waals surface area contributed by atoms with Crippen molar-refractivity contribution in [2.24, 2.45) is 23.2 Å². The second-order valence-corrected chi connectivity index (χ2v) is 11.2. The molecule has 32 heavy (non-hydrogen) atoms. The summed E-state index contributed by atoms with van der Waals surface area (Å²) in [6.45, 7) is 3.68. The molecule has 4 aliphatic rings. The SMILES string of the molecule is COc1cc(CNC(C)C23CC4CC(CC(C4)C2)C3)ccc1OCc1ccc(Cl)c(Cl)c1. The third kappa shape index (κ3) is 4.49. The van der Waals surface area contributed by atoms with E-state index in [1.54, 1.807) is 13.2 Å². The third-order valence-corrected chi connectivity index (χ3v) is 8.96. The topological polar surface area (TPSA) is 30.5 Å². The van der Waals surface area contributed by atoms with Crippen LogP contribution in [-0.4, -0.2) is 13.2 Å². The molecule has 1 atom stereocenters. The van der Waals surface area contributed by atoms with E-state index in [0.717, 1.165) is 41.4 Å². The average Bonchev–Trinajstić information content (AvgIpc) is 2.77. The van der Waals surface area contributed by atoms with Gasteiger partial charge in [-0.25, -0.2) is 0 Å². The molecular formula is C27H33Cl2NO2. The number of methoxy groups -OCH3 is 1. The zero-order chi connectivity index (χ0) is 22.3. The van der Waals surface area contributed by atoms with Gasteiger partial charge in [-0.15, -0.1) is 0 Å². The van der Waals surface area contributed by atoms with Gasteiger partial charge in [-0.05, 0) is 104 Å². The van der Waals surface area contributed by atoms with Crippen LogP contribution in [0.1, 0.15) is 56.6 Å². The zero-order valence-electron chi connectivity index (χ0n) is 19.0. The van der Waals surface area contributed by atoms with Crippen LogP contribution < -0.4 is 14.8 Å². The summed E-state index contributed by atoms with van der Waals surface area (Å²) in [7, 11) is 1.69. The van der Waals surface area contributed by atoms with E-state index in [2.05, 4.69) is 24.4 Å². The number of nitrogens with one attached hydrogen (secondary N) is 1. The lowest BCUT2D eigenvalue weighted by Gasteiger charge is -2.59. The van der Waals surface area contributed by atoms with Crippen molar-refractivity contribution in [3.8, 4) is 11.5 Å². The zero-order valence-corrected chi connectivity index (χ0v) is 20.5. The van der Waals surface area contributed by atoms with Crippen molar-refractivity contribution in [2.75, 3.05) is 7.11 Å². The van der Waals surface area contributed by atoms with Crippen LogP contribution >= 0.6 is 23.2 Å². The minimum atomic E-state index is 0.411. The van der Waals surface area contributed by atoms with Gasteiger partial charge in [-0.2, -0.15) is 0 Å². The van der Waals surface area contributed by atoms with Gasteiger partial charge in [0, 0.05) is 12.6 Å². The number of rotatable bonds is 8. The maximum atomic E-state index is 6.11. The van der Waals surface area contributed by atoms with Gasteiger partial charge in [0.2, 0.25) is 0 Å². The molecule has 0 spiro atoms. The van der Waals surface area contributed by atoms with E-state index in [0.29, 0.717) is 28.1 Å². The molecule has 1 N–H and O–H groups in total. The van der Waals surface area contributed by atoms with E-state index in [1.807, 2.05) is 18.2 Å². The maximum Gasteiger partial charge on any atom is 0.161 e. The van der Waals surface area contributed by atoms with Gasteiger partial charge in [0.25, 0.3) is 0 Å². The molecule has 2 aromatic carbocycles. The summed E-state index contributed by atoms with van der Waals surface area (Å²) in [5.41, 5.74) is 2.71. The van der Waals surface area contributed by atoms with Gasteiger partial charge in [-0.3, -0.25) is 0 Å². The van der Waals surface area contributed by atoms with Gasteiger partial charge in [-0.1, -0.05) is 35.3 Å². The van der Waals surface area contributed by atoms with Crippen molar-refractivity contribution in [1.29, 1.82) is 0 Å². The molecule has 0 aromatic heterocycles. The maximum absolute atomic E-state index is 6.11. The molecule has 0 saturated heterocycles. The number of halogens is 2. The van der Waals surface area contributed by atoms with Crippen molar-refractivity contribution >= 4 is 23.2 Å². The van der Waals surface area contributed by atoms with E-state index < -0.39 is 0 Å². The predicted molar refractivity (Wildman–Crippen MR) is 131 cm³/mol. The smallest absolute Gasteiger partial charge is 0.161 e. The predicted octanol–water partition coefficient (Wildman–Crippen LogP) is 7.28. The molecule has 4 saturated carbocycles. The Morgan fingerprint density at radius 2 is 1.56 bits per heavy atom. The van der Waals surface area contributed by atoms with Crippen LogP contribution in [0.3, 0.4) is 0 Å². The lowest BCUT2D eigenvalue weighted by atomic mass is 9.48. The lowest BCUT2D eigenvalue weighted by molar-refractivity contribution is -0.0706. The Morgan fingerprint density at radius 1 is 0.906 bits per heavy atom. The quantitative estimate of drug-likeness (QED) is 0.436. The highest BCUT2D eigenvalue weighted by Gasteiger charge is 2.52. The summed E-state index contributed by atoms with van der Waals surface area (Å²) in [6, 6.07) is 12.3. The minimum Gasteiger partial charge on any atom is -0.493 e. The number of benzene rings is 2. The van der Waals surface area contributed by atoms with Crippen LogP contribution in [0.5, 0.6) is 11.5 Å². The molecular weight excluding hydrogens is 441 g/mol. The van der Waals surface area contributed by atoms with Crippen LogP contribution in [0.25, 0.3) is 0 Å². The summed E-state index contributed by atoms with van der Waals surface area (Å²) in [4.78, 5) is 0. The van der Waals surface area contributed by atoms with Crippen molar-refractivity contribution in [1.82, 2.24) is 5.32 Å². The van der Waals surface area contributed by atoms with Gasteiger partial charge in [0.15, 0.2) is 11.5 Å². The summed E-state index contributed by atoms with van der Waals surface area (Å²) in [5.74, 6) is 4.44. The third-order valence-electron chi connectivity index (χ3n) is 8.22. The molecule has 4 fully saturated rings. The average molecular weight is 474 g/mol. The molecule has 0 radical (unpaired) electrons. The molecule has 4 aliphatic carbocycles. The molecule has 3 nitrogen and oxygen atoms in total. The lowest BCUT2D eigenvalue weighted by Crippen LogP contribution is -2.54. The Hall–Kier alpha value is -1.42. The van der Waals surface area contributed by atoms with Gasteiger partial charge in [0.05, 0.1) is 17.2 Å². The molecule has 172 valence electrons. The summed E-state index contributed by atoms with van der Waals surface area (Å²) in [5, 5.41) is 4.96. The fourth-order valence-corrected chi connectivity index (χ4v) is 7.25. The fourth-order valence-electron chi connectivity index (χ4n) is 6.93. The molecule has 0 amide bonds. The first-order valence-electron chi connectivity index (χ1n) is 11.9. The number of ether oxygens (including phenoxy) is 2. The summed E-state index contributed by atoms with van der Waals surface area (Å²) >= 11 is 12.1. The molecule has 5 heteroatoms. The first kappa shape index (κ1) is 22.4. The van der Waals surface area contributed by atoms with Crippen molar-refractivity contribution in [3.05, 3.63) is 57.6 Å². The van der Waals surface area contributed by atoms with Crippen LogP contribution in [0.4, 0.5) is 0 Å². The molecule has 6 rings (SSSR count). The monoisotopic (exact) mass is 473 g/mol. The van der Waals surface area contributed by atoms with Crippen LogP contribution in [0.15, 0.2) is 36.4 Å². The molecule has 0 aliphatic heterocycles. The largest absolute Gasteiger partial charge is 0.493 e. The Balaban J connectivity index is 1.21. The normalized spacial score (nSPS) is 29.2. The van der Waals surface area contributed by atoms with E-state index in [4.69, 9.17) is 32.7 Å². The summed E-state index contributed by atoms with van der Waals surface area (Å²) < 4.78 is 11.6. The first-order valence-corrected chi connectivity index (χ1v) is 12.7. The highest BCUT2D eigenvalue weighted by molar-refractivity contribution is 6.42. The number of hydrogen-bond donors (Lipinski definition) is 1. The highest BCUT2D eigenvalue weighted by Crippen LogP contribution is 2.61. The van der Waals surface area contributed by atoms with Gasteiger partial charge in [0.1, 0.15) is 6.61 Å². The minimum absolute atomic E-state index is 0.411. The standard InChI is InChI=1S/C27H33Cl2NO2/c1-17(27-12-20-7-21(13-27)9-22(8-20)14-27)30-15-18-4-6-25(26(11-18)31-2)32-16-19-3-5-23(28)24(29)10-19/h3-6,10-11,17,20-22,30H,7-9,12-16H2,1-2H3. The van der Waals surface area contributed by atoms with Crippen LogP contribution in [0, 0.1) is 23.2 Å². The second kappa shape index (κ2) is 9.08. The number of hydrogen-bond acceptors (Lipinski definition) is 3. The Bertz CT molecular complexity index is 941. The molecule has 0 heterocycles. The van der Waals surface area contributed by atoms with E-state index in [-0.39, 0.29) is 0 Å². The molecule has 1 unspecified atom stereocenters. The molecule has 4 bridgehead atoms. The van der Waals surface area contributed by atoms with E-state index >= 15 is 0 Å². The summed E-state index contributed by atoms with van der Waals surface area (Å²) in [6.07, 6.45) is 8.76. The van der Waals surface area contributed by atoms with Crippen molar-refractivity contribution in [3.63, 3.8) is 0 Å². The Morgan fingerprint density at radius 3 is 2.19 bits per heavy atom. The van der Waals surface area contributed by atoms with Crippen LogP contribution in [-0.2, 0) is 13.2 Å². The van der Waals surface area contributed by atoms with Crippen molar-refractivity contribution < 1.29 is 9.47 Å². The second-order valence-electron chi connectivity index (χ2n) is 10.4. The first-order chi connectivity index (χ1) is 15.4. The molecule has 2 aromatic rings. The van der Waals surface area contributed by atoms with E-state index in [1.165, 1.54) is 44.1 Å². The van der Waals surface area contributed by atoms with Crippen LogP contribution in [0.2, 0.25) is 10.0 Å². The van der Waals surface area contributed by atoms with E-state index in [9.17, 15) is 0 Å². The Kier molecular flexibility index (Phi) is 6.35. The van der Waals surface area contributed by atoms with Gasteiger partial charge >= 0.3 is 0 Å². The Labute approximate surface area is 201 Å². The van der Waals surface area contributed by atoms with Gasteiger partial charge < -0.3 is 14.8 Å². The highest BCUT2D eigenvalue weighted by atomic mass is 35.5.